The van der Waals surface area contributed by atoms with Gasteiger partial charge in [-0.05, 0) is 48.7 Å². The van der Waals surface area contributed by atoms with Crippen LogP contribution in [0.1, 0.15) is 40.6 Å². The van der Waals surface area contributed by atoms with E-state index in [9.17, 15) is 22.8 Å². The number of ether oxygens (including phenoxy) is 1. The van der Waals surface area contributed by atoms with Gasteiger partial charge in [0.2, 0.25) is 5.91 Å². The van der Waals surface area contributed by atoms with E-state index in [1.807, 2.05) is 0 Å². The SMILES string of the molecule is O=C(NC[C@H]1CCCO1)[C@H](c1ccco1)N(Cc1ccccc1Cl)C(=O)CN1C(=O)c2ccccc2S1(=O)=O. The number of nitrogens with one attached hydrogen (secondary N) is 1. The lowest BCUT2D eigenvalue weighted by molar-refractivity contribution is -0.142. The molecule has 2 aliphatic rings. The number of fused-ring (bicyclic) bond motifs is 1. The predicted octanol–water partition coefficient (Wildman–Crippen LogP) is 3.14. The normalized spacial score (nSPS) is 18.5. The van der Waals surface area contributed by atoms with Crippen molar-refractivity contribution in [3.05, 3.63) is 88.8 Å². The Morgan fingerprint density at radius 3 is 2.56 bits per heavy atom. The molecule has 12 heteroatoms. The van der Waals surface area contributed by atoms with Crippen LogP contribution in [-0.4, -0.2) is 61.1 Å². The quantitative estimate of drug-likeness (QED) is 0.418. The van der Waals surface area contributed by atoms with Crippen molar-refractivity contribution >= 4 is 39.3 Å². The van der Waals surface area contributed by atoms with E-state index in [2.05, 4.69) is 5.32 Å². The first-order valence-electron chi connectivity index (χ1n) is 12.4. The zero-order valence-corrected chi connectivity index (χ0v) is 22.4. The summed E-state index contributed by atoms with van der Waals surface area (Å²) in [5, 5.41) is 3.18. The minimum absolute atomic E-state index is 0.0140. The second kappa shape index (κ2) is 11.2. The van der Waals surface area contributed by atoms with E-state index in [0.29, 0.717) is 21.5 Å². The van der Waals surface area contributed by atoms with E-state index in [1.165, 1.54) is 29.4 Å². The first-order valence-corrected chi connectivity index (χ1v) is 14.2. The van der Waals surface area contributed by atoms with Gasteiger partial charge in [-0.25, -0.2) is 12.7 Å². The monoisotopic (exact) mass is 571 g/mol. The molecule has 1 aromatic heterocycles. The number of hydrogen-bond acceptors (Lipinski definition) is 7. The Labute approximate surface area is 230 Å². The van der Waals surface area contributed by atoms with Gasteiger partial charge >= 0.3 is 0 Å². The van der Waals surface area contributed by atoms with E-state index in [-0.39, 0.29) is 35.4 Å². The fourth-order valence-corrected chi connectivity index (χ4v) is 6.44. The van der Waals surface area contributed by atoms with Crippen LogP contribution < -0.4 is 5.32 Å². The molecule has 10 nitrogen and oxygen atoms in total. The number of hydrogen-bond donors (Lipinski definition) is 1. The van der Waals surface area contributed by atoms with Gasteiger partial charge in [-0.15, -0.1) is 0 Å². The average Bonchev–Trinajstić information content (AvgIpc) is 3.68. The van der Waals surface area contributed by atoms with Crippen LogP contribution in [0, 0.1) is 0 Å². The molecule has 2 atom stereocenters. The number of amides is 3. The highest BCUT2D eigenvalue weighted by atomic mass is 35.5. The first kappa shape index (κ1) is 26.9. The van der Waals surface area contributed by atoms with E-state index < -0.39 is 40.3 Å². The summed E-state index contributed by atoms with van der Waals surface area (Å²) in [7, 11) is -4.26. The number of furan rings is 1. The Morgan fingerprint density at radius 1 is 1.10 bits per heavy atom. The molecule has 3 heterocycles. The highest BCUT2D eigenvalue weighted by molar-refractivity contribution is 7.90. The lowest BCUT2D eigenvalue weighted by Gasteiger charge is -2.31. The van der Waals surface area contributed by atoms with Crippen LogP contribution in [0.15, 0.2) is 76.2 Å². The highest BCUT2D eigenvalue weighted by Crippen LogP contribution is 2.32. The molecular formula is C27H26ClN3O7S. The van der Waals surface area contributed by atoms with Crippen LogP contribution in [0.3, 0.4) is 0 Å². The maximum Gasteiger partial charge on any atom is 0.269 e. The van der Waals surface area contributed by atoms with Crippen molar-refractivity contribution in [2.24, 2.45) is 0 Å². The minimum atomic E-state index is -4.26. The minimum Gasteiger partial charge on any atom is -0.467 e. The number of rotatable bonds is 9. The van der Waals surface area contributed by atoms with Gasteiger partial charge in [0.1, 0.15) is 17.2 Å². The summed E-state index contributed by atoms with van der Waals surface area (Å²) in [6.07, 6.45) is 2.91. The van der Waals surface area contributed by atoms with Crippen LogP contribution in [0.5, 0.6) is 0 Å². The van der Waals surface area contributed by atoms with Gasteiger partial charge in [0.05, 0.1) is 17.9 Å². The van der Waals surface area contributed by atoms with Gasteiger partial charge < -0.3 is 19.4 Å². The van der Waals surface area contributed by atoms with Crippen LogP contribution in [-0.2, 0) is 30.9 Å². The van der Waals surface area contributed by atoms with Crippen molar-refractivity contribution in [2.45, 2.75) is 36.4 Å². The third-order valence-corrected chi connectivity index (χ3v) is 8.87. The predicted molar refractivity (Wildman–Crippen MR) is 140 cm³/mol. The molecule has 2 aliphatic heterocycles. The lowest BCUT2D eigenvalue weighted by Crippen LogP contribution is -2.48. The topological polar surface area (TPSA) is 126 Å². The standard InChI is InChI=1S/C27H26ClN3O7S/c28-21-10-3-1-7-18(21)16-30(24(32)17-31-27(34)20-9-2-4-12-23(20)39(31,35)36)25(22-11-6-14-38-22)26(33)29-15-19-8-5-13-37-19/h1-4,6-7,9-12,14,19,25H,5,8,13,15-17H2,(H,29,33)/t19-,25+/m1/s1. The number of halogens is 1. The van der Waals surface area contributed by atoms with Gasteiger partial charge in [-0.2, -0.15) is 0 Å². The molecule has 1 N–H and O–H groups in total. The molecule has 2 aromatic carbocycles. The van der Waals surface area contributed by atoms with E-state index in [0.717, 1.165) is 12.8 Å². The molecule has 0 spiro atoms. The zero-order valence-electron chi connectivity index (χ0n) is 20.8. The van der Waals surface area contributed by atoms with Crippen molar-refractivity contribution < 1.29 is 32.0 Å². The maximum absolute atomic E-state index is 13.9. The summed E-state index contributed by atoms with van der Waals surface area (Å²) in [6.45, 7) is -0.110. The average molecular weight is 572 g/mol. The molecule has 3 amide bonds. The summed E-state index contributed by atoms with van der Waals surface area (Å²) in [5.41, 5.74) is 0.509. The Morgan fingerprint density at radius 2 is 1.87 bits per heavy atom. The summed E-state index contributed by atoms with van der Waals surface area (Å²) in [6, 6.07) is 14.4. The molecule has 39 heavy (non-hydrogen) atoms. The molecule has 0 saturated carbocycles. The summed E-state index contributed by atoms with van der Waals surface area (Å²) in [4.78, 5) is 41.5. The Balaban J connectivity index is 1.48. The smallest absolute Gasteiger partial charge is 0.269 e. The number of sulfonamides is 1. The van der Waals surface area contributed by atoms with Crippen molar-refractivity contribution in [1.29, 1.82) is 0 Å². The molecule has 0 aliphatic carbocycles. The van der Waals surface area contributed by atoms with Crippen molar-refractivity contribution in [3.63, 3.8) is 0 Å². The van der Waals surface area contributed by atoms with Crippen molar-refractivity contribution in [2.75, 3.05) is 19.7 Å². The molecule has 5 rings (SSSR count). The van der Waals surface area contributed by atoms with E-state index in [4.69, 9.17) is 20.8 Å². The van der Waals surface area contributed by atoms with Gasteiger partial charge in [-0.3, -0.25) is 14.4 Å². The van der Waals surface area contributed by atoms with Gasteiger partial charge in [0.25, 0.3) is 21.8 Å². The molecule has 3 aromatic rings. The number of carbonyl (C=O) groups excluding carboxylic acids is 3. The molecule has 0 radical (unpaired) electrons. The molecule has 204 valence electrons. The fraction of sp³-hybridized carbons (Fsp3) is 0.296. The van der Waals surface area contributed by atoms with E-state index in [1.54, 1.807) is 42.5 Å². The van der Waals surface area contributed by atoms with E-state index >= 15 is 0 Å². The van der Waals surface area contributed by atoms with Crippen LogP contribution in [0.2, 0.25) is 5.02 Å². The third-order valence-electron chi connectivity index (χ3n) is 6.71. The number of benzene rings is 2. The van der Waals surface area contributed by atoms with Crippen LogP contribution >= 0.6 is 11.6 Å². The second-order valence-electron chi connectivity index (χ2n) is 9.22. The number of carbonyl (C=O) groups is 3. The first-order chi connectivity index (χ1) is 18.8. The molecule has 1 fully saturated rings. The summed E-state index contributed by atoms with van der Waals surface area (Å²) in [5.74, 6) is -1.97. The van der Waals surface area contributed by atoms with Crippen molar-refractivity contribution in [1.82, 2.24) is 14.5 Å². The lowest BCUT2D eigenvalue weighted by atomic mass is 10.1. The van der Waals surface area contributed by atoms with Gasteiger partial charge in [-0.1, -0.05) is 41.9 Å². The van der Waals surface area contributed by atoms with Crippen LogP contribution in [0.25, 0.3) is 0 Å². The van der Waals surface area contributed by atoms with Crippen LogP contribution in [0.4, 0.5) is 0 Å². The fourth-order valence-electron chi connectivity index (χ4n) is 4.72. The summed E-state index contributed by atoms with van der Waals surface area (Å²) < 4.78 is 38.0. The third kappa shape index (κ3) is 5.42. The highest BCUT2D eigenvalue weighted by Gasteiger charge is 2.44. The molecule has 1 saturated heterocycles. The Hall–Kier alpha value is -3.67. The van der Waals surface area contributed by atoms with Gasteiger partial charge in [0, 0.05) is 24.7 Å². The largest absolute Gasteiger partial charge is 0.467 e. The zero-order chi connectivity index (χ0) is 27.6. The molecule has 0 unspecified atom stereocenters. The van der Waals surface area contributed by atoms with Crippen molar-refractivity contribution in [3.8, 4) is 0 Å². The summed E-state index contributed by atoms with van der Waals surface area (Å²) >= 11 is 6.39. The Bertz CT molecular complexity index is 1490. The number of nitrogens with zero attached hydrogens (tertiary/aromatic N) is 2. The molecular weight excluding hydrogens is 546 g/mol. The Kier molecular flexibility index (Phi) is 7.74. The second-order valence-corrected chi connectivity index (χ2v) is 11.5. The molecule has 0 bridgehead atoms. The maximum atomic E-state index is 13.9. The van der Waals surface area contributed by atoms with Gasteiger partial charge in [0.15, 0.2) is 6.04 Å².